The van der Waals surface area contributed by atoms with Crippen LogP contribution in [0.2, 0.25) is 0 Å². The highest BCUT2D eigenvalue weighted by Crippen LogP contribution is 2.03. The van der Waals surface area contributed by atoms with Crippen molar-refractivity contribution in [2.75, 3.05) is 18.8 Å². The molecule has 0 aliphatic rings. The van der Waals surface area contributed by atoms with Gasteiger partial charge in [0.15, 0.2) is 0 Å². The van der Waals surface area contributed by atoms with E-state index in [0.29, 0.717) is 13.1 Å². The van der Waals surface area contributed by atoms with Crippen LogP contribution in [-0.4, -0.2) is 37.6 Å². The van der Waals surface area contributed by atoms with Crippen LogP contribution in [0.15, 0.2) is 0 Å². The minimum absolute atomic E-state index is 0.0425. The lowest BCUT2D eigenvalue weighted by atomic mass is 10.4. The SMILES string of the molecule is CCCN(CC)S(=O)(=O)CC(C)N. The molecule has 0 saturated heterocycles. The molecule has 0 aromatic heterocycles. The van der Waals surface area contributed by atoms with E-state index < -0.39 is 10.0 Å². The predicted octanol–water partition coefficient (Wildman–Crippen LogP) is 0.395. The summed E-state index contributed by atoms with van der Waals surface area (Å²) in [5.41, 5.74) is 5.46. The van der Waals surface area contributed by atoms with Crippen molar-refractivity contribution in [2.45, 2.75) is 33.2 Å². The molecule has 0 fully saturated rings. The molecule has 13 heavy (non-hydrogen) atoms. The van der Waals surface area contributed by atoms with Crippen LogP contribution < -0.4 is 5.73 Å². The zero-order valence-electron chi connectivity index (χ0n) is 8.66. The lowest BCUT2D eigenvalue weighted by Gasteiger charge is -2.20. The molecule has 0 radical (unpaired) electrons. The van der Waals surface area contributed by atoms with Crippen molar-refractivity contribution in [2.24, 2.45) is 5.73 Å². The van der Waals surface area contributed by atoms with E-state index in [1.54, 1.807) is 6.92 Å². The van der Waals surface area contributed by atoms with Gasteiger partial charge < -0.3 is 5.73 Å². The minimum Gasteiger partial charge on any atom is -0.327 e. The first-order valence-electron chi connectivity index (χ1n) is 4.67. The molecule has 1 unspecified atom stereocenters. The first kappa shape index (κ1) is 12.9. The molecular formula is C8H20N2O2S. The van der Waals surface area contributed by atoms with E-state index in [1.165, 1.54) is 4.31 Å². The Kier molecular flexibility index (Phi) is 5.51. The predicted molar refractivity (Wildman–Crippen MR) is 55.0 cm³/mol. The van der Waals surface area contributed by atoms with Gasteiger partial charge in [-0.2, -0.15) is 0 Å². The number of hydrogen-bond donors (Lipinski definition) is 1. The van der Waals surface area contributed by atoms with Gasteiger partial charge >= 0.3 is 0 Å². The van der Waals surface area contributed by atoms with Crippen LogP contribution >= 0.6 is 0 Å². The summed E-state index contributed by atoms with van der Waals surface area (Å²) in [6.45, 7) is 6.63. The number of sulfonamides is 1. The second-order valence-electron chi connectivity index (χ2n) is 3.25. The van der Waals surface area contributed by atoms with Gasteiger partial charge in [-0.25, -0.2) is 12.7 Å². The Morgan fingerprint density at radius 3 is 2.23 bits per heavy atom. The van der Waals surface area contributed by atoms with Gasteiger partial charge in [0.2, 0.25) is 10.0 Å². The number of hydrogen-bond acceptors (Lipinski definition) is 3. The first-order valence-corrected chi connectivity index (χ1v) is 6.28. The van der Waals surface area contributed by atoms with Gasteiger partial charge in [0.1, 0.15) is 0 Å². The summed E-state index contributed by atoms with van der Waals surface area (Å²) < 4.78 is 24.7. The van der Waals surface area contributed by atoms with Gasteiger partial charge in [-0.3, -0.25) is 0 Å². The number of rotatable bonds is 6. The Labute approximate surface area is 81.2 Å². The Balaban J connectivity index is 4.39. The molecule has 0 saturated carbocycles. The van der Waals surface area contributed by atoms with E-state index in [4.69, 9.17) is 5.73 Å². The molecule has 0 aliphatic heterocycles. The molecule has 0 aromatic carbocycles. The second kappa shape index (κ2) is 5.57. The smallest absolute Gasteiger partial charge is 0.215 e. The van der Waals surface area contributed by atoms with E-state index in [9.17, 15) is 8.42 Å². The molecule has 0 heterocycles. The summed E-state index contributed by atoms with van der Waals surface area (Å²) in [5, 5.41) is 0. The quantitative estimate of drug-likeness (QED) is 0.687. The van der Waals surface area contributed by atoms with Crippen molar-refractivity contribution in [3.8, 4) is 0 Å². The van der Waals surface area contributed by atoms with Crippen molar-refractivity contribution in [3.63, 3.8) is 0 Å². The van der Waals surface area contributed by atoms with Crippen molar-refractivity contribution in [1.82, 2.24) is 4.31 Å². The summed E-state index contributed by atoms with van der Waals surface area (Å²) in [6, 6.07) is -0.295. The van der Waals surface area contributed by atoms with Crippen LogP contribution in [0.3, 0.4) is 0 Å². The van der Waals surface area contributed by atoms with Crippen LogP contribution in [0.1, 0.15) is 27.2 Å². The summed E-state index contributed by atoms with van der Waals surface area (Å²) in [6.07, 6.45) is 0.839. The largest absolute Gasteiger partial charge is 0.327 e. The van der Waals surface area contributed by atoms with Crippen molar-refractivity contribution in [1.29, 1.82) is 0 Å². The lowest BCUT2D eigenvalue weighted by molar-refractivity contribution is 0.425. The lowest BCUT2D eigenvalue weighted by Crippen LogP contribution is -2.38. The monoisotopic (exact) mass is 208 g/mol. The highest BCUT2D eigenvalue weighted by Gasteiger charge is 2.20. The molecule has 0 aromatic rings. The van der Waals surface area contributed by atoms with Crippen molar-refractivity contribution < 1.29 is 8.42 Å². The molecule has 1 atom stereocenters. The van der Waals surface area contributed by atoms with Gasteiger partial charge in [0.25, 0.3) is 0 Å². The van der Waals surface area contributed by atoms with E-state index in [-0.39, 0.29) is 11.8 Å². The van der Waals surface area contributed by atoms with E-state index in [1.807, 2.05) is 13.8 Å². The Morgan fingerprint density at radius 2 is 1.92 bits per heavy atom. The maximum absolute atomic E-state index is 11.6. The molecule has 5 heteroatoms. The normalized spacial score (nSPS) is 14.8. The average Bonchev–Trinajstić information content (AvgIpc) is 1.97. The molecule has 2 N–H and O–H groups in total. The third-order valence-corrected chi connectivity index (χ3v) is 3.87. The summed E-state index contributed by atoms with van der Waals surface area (Å²) in [4.78, 5) is 0. The number of nitrogens with zero attached hydrogens (tertiary/aromatic N) is 1. The van der Waals surface area contributed by atoms with Crippen molar-refractivity contribution in [3.05, 3.63) is 0 Å². The highest BCUT2D eigenvalue weighted by molar-refractivity contribution is 7.89. The van der Waals surface area contributed by atoms with Crippen LogP contribution in [-0.2, 0) is 10.0 Å². The summed E-state index contributed by atoms with van der Waals surface area (Å²) in [5.74, 6) is 0.0425. The van der Waals surface area contributed by atoms with Gasteiger partial charge in [-0.05, 0) is 13.3 Å². The Bertz CT molecular complexity index is 224. The van der Waals surface area contributed by atoms with Gasteiger partial charge in [-0.15, -0.1) is 0 Å². The van der Waals surface area contributed by atoms with Crippen LogP contribution in [0.25, 0.3) is 0 Å². The Morgan fingerprint density at radius 1 is 1.38 bits per heavy atom. The molecule has 0 amide bonds. The molecule has 0 spiro atoms. The fourth-order valence-corrected chi connectivity index (χ4v) is 2.91. The maximum atomic E-state index is 11.6. The van der Waals surface area contributed by atoms with Crippen LogP contribution in [0, 0.1) is 0 Å². The van der Waals surface area contributed by atoms with Gasteiger partial charge in [-0.1, -0.05) is 13.8 Å². The third-order valence-electron chi connectivity index (χ3n) is 1.69. The molecule has 0 rings (SSSR count). The van der Waals surface area contributed by atoms with E-state index in [0.717, 1.165) is 6.42 Å². The maximum Gasteiger partial charge on any atom is 0.215 e. The van der Waals surface area contributed by atoms with E-state index in [2.05, 4.69) is 0 Å². The number of nitrogens with two attached hydrogens (primary N) is 1. The van der Waals surface area contributed by atoms with Gasteiger partial charge in [0.05, 0.1) is 5.75 Å². The molecule has 80 valence electrons. The minimum atomic E-state index is -3.13. The second-order valence-corrected chi connectivity index (χ2v) is 5.26. The third kappa shape index (κ3) is 4.59. The van der Waals surface area contributed by atoms with Gasteiger partial charge in [0, 0.05) is 19.1 Å². The zero-order valence-corrected chi connectivity index (χ0v) is 9.47. The zero-order chi connectivity index (χ0) is 10.5. The average molecular weight is 208 g/mol. The highest BCUT2D eigenvalue weighted by atomic mass is 32.2. The van der Waals surface area contributed by atoms with E-state index >= 15 is 0 Å². The van der Waals surface area contributed by atoms with Crippen molar-refractivity contribution >= 4 is 10.0 Å². The van der Waals surface area contributed by atoms with Crippen LogP contribution in [0.5, 0.6) is 0 Å². The molecule has 0 bridgehead atoms. The first-order chi connectivity index (χ1) is 5.94. The standard InChI is InChI=1S/C8H20N2O2S/c1-4-6-10(5-2)13(11,12)7-8(3)9/h8H,4-7,9H2,1-3H3. The topological polar surface area (TPSA) is 63.4 Å². The molecular weight excluding hydrogens is 188 g/mol. The fraction of sp³-hybridized carbons (Fsp3) is 1.00. The van der Waals surface area contributed by atoms with Crippen LogP contribution in [0.4, 0.5) is 0 Å². The molecule has 0 aliphatic carbocycles. The molecule has 4 nitrogen and oxygen atoms in total. The summed E-state index contributed by atoms with van der Waals surface area (Å²) in [7, 11) is -3.13. The Hall–Kier alpha value is -0.130. The fourth-order valence-electron chi connectivity index (χ4n) is 1.18. The summed E-state index contributed by atoms with van der Waals surface area (Å²) >= 11 is 0.